The molecule has 1 aliphatic rings. The molecule has 0 spiro atoms. The van der Waals surface area contributed by atoms with E-state index in [-0.39, 0.29) is 0 Å². The van der Waals surface area contributed by atoms with Gasteiger partial charge in [-0.15, -0.1) is 10.2 Å². The maximum Gasteiger partial charge on any atom is 0.248 e. The third-order valence-electron chi connectivity index (χ3n) is 4.74. The molecule has 1 unspecified atom stereocenters. The predicted molar refractivity (Wildman–Crippen MR) is 93.5 cm³/mol. The van der Waals surface area contributed by atoms with Crippen molar-refractivity contribution in [3.8, 4) is 11.5 Å². The Kier molecular flexibility index (Phi) is 4.13. The standard InChI is InChI=1S/C20H21N3O/c1-15-7-5-6-10-18(15)20-22-21-19(24-20)14-23-12-11-17(13-23)16-8-3-2-4-9-16/h2-10,17H,11-14H2,1H3. The molecule has 1 saturated heterocycles. The SMILES string of the molecule is Cc1ccccc1-c1nnc(CN2CCC(c3ccccc3)C2)o1. The molecule has 0 N–H and O–H groups in total. The summed E-state index contributed by atoms with van der Waals surface area (Å²) in [5.74, 6) is 1.91. The van der Waals surface area contributed by atoms with Crippen LogP contribution in [0.15, 0.2) is 59.0 Å². The van der Waals surface area contributed by atoms with Crippen molar-refractivity contribution in [2.45, 2.75) is 25.8 Å². The number of hydrogen-bond acceptors (Lipinski definition) is 4. The summed E-state index contributed by atoms with van der Waals surface area (Å²) in [6.45, 7) is 4.90. The average molecular weight is 319 g/mol. The topological polar surface area (TPSA) is 42.2 Å². The van der Waals surface area contributed by atoms with Gasteiger partial charge in [-0.1, -0.05) is 48.5 Å². The molecular weight excluding hydrogens is 298 g/mol. The zero-order valence-electron chi connectivity index (χ0n) is 13.9. The lowest BCUT2D eigenvalue weighted by Gasteiger charge is -2.13. The molecule has 1 aromatic heterocycles. The minimum atomic E-state index is 0.602. The highest BCUT2D eigenvalue weighted by Crippen LogP contribution is 2.28. The Hall–Kier alpha value is -2.46. The molecule has 0 bridgehead atoms. The van der Waals surface area contributed by atoms with Crippen LogP contribution in [0, 0.1) is 6.92 Å². The Morgan fingerprint density at radius 1 is 1.04 bits per heavy atom. The van der Waals surface area contributed by atoms with Crippen molar-refractivity contribution in [1.82, 2.24) is 15.1 Å². The van der Waals surface area contributed by atoms with Gasteiger partial charge >= 0.3 is 0 Å². The van der Waals surface area contributed by atoms with E-state index >= 15 is 0 Å². The van der Waals surface area contributed by atoms with E-state index in [1.165, 1.54) is 12.0 Å². The number of nitrogens with zero attached hydrogens (tertiary/aromatic N) is 3. The van der Waals surface area contributed by atoms with Gasteiger partial charge in [-0.05, 0) is 43.0 Å². The molecule has 1 aliphatic heterocycles. The molecule has 2 aromatic carbocycles. The smallest absolute Gasteiger partial charge is 0.248 e. The van der Waals surface area contributed by atoms with Crippen LogP contribution in [0.4, 0.5) is 0 Å². The van der Waals surface area contributed by atoms with E-state index in [0.29, 0.717) is 17.7 Å². The van der Waals surface area contributed by atoms with Crippen molar-refractivity contribution in [3.05, 3.63) is 71.6 Å². The van der Waals surface area contributed by atoms with Crippen LogP contribution in [0.25, 0.3) is 11.5 Å². The van der Waals surface area contributed by atoms with Crippen molar-refractivity contribution in [2.75, 3.05) is 13.1 Å². The van der Waals surface area contributed by atoms with Gasteiger partial charge in [0.15, 0.2) is 0 Å². The van der Waals surface area contributed by atoms with Crippen LogP contribution in [0.1, 0.15) is 29.4 Å². The van der Waals surface area contributed by atoms with Crippen LogP contribution < -0.4 is 0 Å². The molecule has 24 heavy (non-hydrogen) atoms. The first-order chi connectivity index (χ1) is 11.8. The van der Waals surface area contributed by atoms with Crippen LogP contribution in [-0.2, 0) is 6.54 Å². The number of aromatic nitrogens is 2. The minimum Gasteiger partial charge on any atom is -0.419 e. The molecule has 122 valence electrons. The Morgan fingerprint density at radius 3 is 2.67 bits per heavy atom. The molecule has 0 aliphatic carbocycles. The summed E-state index contributed by atoms with van der Waals surface area (Å²) in [6, 6.07) is 18.8. The molecule has 3 aromatic rings. The van der Waals surface area contributed by atoms with E-state index in [1.54, 1.807) is 0 Å². The molecule has 0 saturated carbocycles. The van der Waals surface area contributed by atoms with Crippen LogP contribution in [0.3, 0.4) is 0 Å². The number of benzene rings is 2. The second kappa shape index (κ2) is 6.57. The summed E-state index contributed by atoms with van der Waals surface area (Å²) in [4.78, 5) is 2.40. The maximum absolute atomic E-state index is 5.89. The largest absolute Gasteiger partial charge is 0.419 e. The molecule has 4 heteroatoms. The number of hydrogen-bond donors (Lipinski definition) is 0. The van der Waals surface area contributed by atoms with Crippen molar-refractivity contribution < 1.29 is 4.42 Å². The third-order valence-corrected chi connectivity index (χ3v) is 4.74. The first-order valence-electron chi connectivity index (χ1n) is 8.45. The van der Waals surface area contributed by atoms with E-state index < -0.39 is 0 Å². The summed E-state index contributed by atoms with van der Waals surface area (Å²) in [7, 11) is 0. The molecule has 1 atom stereocenters. The molecule has 1 fully saturated rings. The van der Waals surface area contributed by atoms with Crippen molar-refractivity contribution in [2.24, 2.45) is 0 Å². The van der Waals surface area contributed by atoms with Crippen LogP contribution in [-0.4, -0.2) is 28.2 Å². The summed E-state index contributed by atoms with van der Waals surface area (Å²) >= 11 is 0. The Balaban J connectivity index is 1.43. The van der Waals surface area contributed by atoms with Gasteiger partial charge in [0.2, 0.25) is 11.8 Å². The van der Waals surface area contributed by atoms with Crippen molar-refractivity contribution in [1.29, 1.82) is 0 Å². The van der Waals surface area contributed by atoms with Gasteiger partial charge in [0.1, 0.15) is 0 Å². The number of likely N-dealkylation sites (tertiary alicyclic amines) is 1. The summed E-state index contributed by atoms with van der Waals surface area (Å²) in [6.07, 6.45) is 1.18. The van der Waals surface area contributed by atoms with E-state index in [0.717, 1.165) is 30.8 Å². The van der Waals surface area contributed by atoms with Gasteiger partial charge < -0.3 is 4.42 Å². The number of aryl methyl sites for hydroxylation is 1. The fraction of sp³-hybridized carbons (Fsp3) is 0.300. The first-order valence-corrected chi connectivity index (χ1v) is 8.45. The molecule has 4 rings (SSSR count). The van der Waals surface area contributed by atoms with Crippen LogP contribution in [0.5, 0.6) is 0 Å². The molecule has 4 nitrogen and oxygen atoms in total. The normalized spacial score (nSPS) is 18.1. The lowest BCUT2D eigenvalue weighted by molar-refractivity contribution is 0.289. The predicted octanol–water partition coefficient (Wildman–Crippen LogP) is 4.03. The summed E-state index contributed by atoms with van der Waals surface area (Å²) in [5, 5.41) is 8.46. The summed E-state index contributed by atoms with van der Waals surface area (Å²) < 4.78 is 5.89. The third kappa shape index (κ3) is 3.10. The molecule has 0 amide bonds. The van der Waals surface area contributed by atoms with Crippen molar-refractivity contribution in [3.63, 3.8) is 0 Å². The monoisotopic (exact) mass is 319 g/mol. The highest BCUT2D eigenvalue weighted by molar-refractivity contribution is 5.57. The van der Waals surface area contributed by atoms with E-state index in [1.807, 2.05) is 18.2 Å². The second-order valence-corrected chi connectivity index (χ2v) is 6.45. The molecule has 2 heterocycles. The quantitative estimate of drug-likeness (QED) is 0.728. The highest BCUT2D eigenvalue weighted by Gasteiger charge is 2.25. The van der Waals surface area contributed by atoms with Gasteiger partial charge in [0.25, 0.3) is 0 Å². The Morgan fingerprint density at radius 2 is 1.83 bits per heavy atom. The van der Waals surface area contributed by atoms with Crippen molar-refractivity contribution >= 4 is 0 Å². The molecule has 0 radical (unpaired) electrons. The van der Waals surface area contributed by atoms with Gasteiger partial charge in [-0.3, -0.25) is 4.90 Å². The Labute approximate surface area is 142 Å². The molecular formula is C20H21N3O. The van der Waals surface area contributed by atoms with Gasteiger partial charge in [-0.25, -0.2) is 0 Å². The highest BCUT2D eigenvalue weighted by atomic mass is 16.4. The van der Waals surface area contributed by atoms with Crippen LogP contribution in [0.2, 0.25) is 0 Å². The maximum atomic E-state index is 5.89. The van der Waals surface area contributed by atoms with Gasteiger partial charge in [0, 0.05) is 12.1 Å². The minimum absolute atomic E-state index is 0.602. The first kappa shape index (κ1) is 15.1. The second-order valence-electron chi connectivity index (χ2n) is 6.45. The number of rotatable bonds is 4. The summed E-state index contributed by atoms with van der Waals surface area (Å²) in [5.41, 5.74) is 3.59. The Bertz CT molecular complexity index is 813. The lowest BCUT2D eigenvalue weighted by Crippen LogP contribution is -2.19. The van der Waals surface area contributed by atoms with E-state index in [9.17, 15) is 0 Å². The lowest BCUT2D eigenvalue weighted by atomic mass is 9.99. The van der Waals surface area contributed by atoms with Gasteiger partial charge in [-0.2, -0.15) is 0 Å². The zero-order chi connectivity index (χ0) is 16.4. The zero-order valence-corrected chi connectivity index (χ0v) is 13.9. The van der Waals surface area contributed by atoms with E-state index in [4.69, 9.17) is 4.42 Å². The van der Waals surface area contributed by atoms with Gasteiger partial charge in [0.05, 0.1) is 6.54 Å². The van der Waals surface area contributed by atoms with Crippen LogP contribution >= 0.6 is 0 Å². The van der Waals surface area contributed by atoms with E-state index in [2.05, 4.69) is 58.4 Å². The fourth-order valence-electron chi connectivity index (χ4n) is 3.40. The average Bonchev–Trinajstić information content (AvgIpc) is 3.26. The fourth-order valence-corrected chi connectivity index (χ4v) is 3.40.